The number of hydrogen-bond acceptors (Lipinski definition) is 4. The molecular formula is C8H14BrNO4. The molecule has 0 fully saturated rings. The van der Waals surface area contributed by atoms with Gasteiger partial charge in [-0.2, -0.15) is 0 Å². The predicted molar refractivity (Wildman–Crippen MR) is 53.9 cm³/mol. The molecular weight excluding hydrogens is 254 g/mol. The van der Waals surface area contributed by atoms with Crippen molar-refractivity contribution in [1.29, 1.82) is 0 Å². The summed E-state index contributed by atoms with van der Waals surface area (Å²) in [6, 6.07) is 0. The monoisotopic (exact) mass is 267 g/mol. The number of alkyl halides is 1. The molecule has 1 unspecified atom stereocenters. The van der Waals surface area contributed by atoms with E-state index in [-0.39, 0.29) is 13.2 Å². The minimum absolute atomic E-state index is 0.247. The topological polar surface area (TPSA) is 55.8 Å². The Bertz CT molecular complexity index is 208. The van der Waals surface area contributed by atoms with E-state index in [1.807, 2.05) is 0 Å². The highest BCUT2D eigenvalue weighted by Crippen LogP contribution is 2.04. The van der Waals surface area contributed by atoms with E-state index < -0.39 is 16.9 Å². The molecule has 5 nitrogen and oxygen atoms in total. The van der Waals surface area contributed by atoms with Gasteiger partial charge in [-0.15, -0.1) is 5.06 Å². The minimum atomic E-state index is -0.656. The van der Waals surface area contributed by atoms with Gasteiger partial charge in [0.1, 0.15) is 4.83 Å². The minimum Gasteiger partial charge on any atom is -0.448 e. The molecule has 1 amide bonds. The molecule has 0 aliphatic carbocycles. The smallest absolute Gasteiger partial charge is 0.443 e. The Labute approximate surface area is 91.4 Å². The number of hydrogen-bond donors (Lipinski definition) is 0. The van der Waals surface area contributed by atoms with Crippen LogP contribution in [-0.2, 0) is 14.4 Å². The van der Waals surface area contributed by atoms with Crippen LogP contribution in [0.25, 0.3) is 0 Å². The van der Waals surface area contributed by atoms with Crippen LogP contribution in [0.4, 0.5) is 4.79 Å². The predicted octanol–water partition coefficient (Wildman–Crippen LogP) is 1.71. The standard InChI is InChI=1S/C8H14BrNO4/c1-4-10(8(12)13-5-2)14-7(11)6(3)9/h6H,4-5H2,1-3H3. The summed E-state index contributed by atoms with van der Waals surface area (Å²) in [5.41, 5.74) is 0. The lowest BCUT2D eigenvalue weighted by Crippen LogP contribution is -2.35. The highest BCUT2D eigenvalue weighted by molar-refractivity contribution is 9.10. The van der Waals surface area contributed by atoms with Gasteiger partial charge in [0.2, 0.25) is 0 Å². The number of hydroxylamine groups is 2. The summed E-state index contributed by atoms with van der Waals surface area (Å²) < 4.78 is 4.67. The summed E-state index contributed by atoms with van der Waals surface area (Å²) >= 11 is 3.03. The average molecular weight is 268 g/mol. The van der Waals surface area contributed by atoms with Gasteiger partial charge in [0.15, 0.2) is 0 Å². The van der Waals surface area contributed by atoms with Gasteiger partial charge in [0.25, 0.3) is 0 Å². The van der Waals surface area contributed by atoms with Crippen molar-refractivity contribution < 1.29 is 19.2 Å². The second kappa shape index (κ2) is 6.64. The Hall–Kier alpha value is -0.780. The van der Waals surface area contributed by atoms with Crippen molar-refractivity contribution in [3.05, 3.63) is 0 Å². The van der Waals surface area contributed by atoms with E-state index in [0.717, 1.165) is 5.06 Å². The molecule has 0 heterocycles. The molecule has 0 aliphatic rings. The zero-order chi connectivity index (χ0) is 11.1. The average Bonchev–Trinajstić information content (AvgIpc) is 2.13. The van der Waals surface area contributed by atoms with Gasteiger partial charge in [0.05, 0.1) is 13.2 Å². The largest absolute Gasteiger partial charge is 0.448 e. The Kier molecular flexibility index (Phi) is 6.27. The third kappa shape index (κ3) is 4.45. The second-order valence-corrected chi connectivity index (χ2v) is 3.79. The molecule has 0 aromatic carbocycles. The number of ether oxygens (including phenoxy) is 1. The molecule has 0 N–H and O–H groups in total. The van der Waals surface area contributed by atoms with Crippen molar-refractivity contribution in [2.45, 2.75) is 25.6 Å². The zero-order valence-corrected chi connectivity index (χ0v) is 10.0. The van der Waals surface area contributed by atoms with E-state index in [9.17, 15) is 9.59 Å². The van der Waals surface area contributed by atoms with Crippen molar-refractivity contribution in [3.63, 3.8) is 0 Å². The van der Waals surface area contributed by atoms with Crippen LogP contribution in [0.2, 0.25) is 0 Å². The third-order valence-corrected chi connectivity index (χ3v) is 1.66. The van der Waals surface area contributed by atoms with Gasteiger partial charge < -0.3 is 9.57 Å². The lowest BCUT2D eigenvalue weighted by molar-refractivity contribution is -0.179. The quantitative estimate of drug-likeness (QED) is 0.577. The van der Waals surface area contributed by atoms with E-state index >= 15 is 0 Å². The molecule has 0 saturated heterocycles. The molecule has 82 valence electrons. The van der Waals surface area contributed by atoms with Gasteiger partial charge in [-0.05, 0) is 20.8 Å². The summed E-state index contributed by atoms with van der Waals surface area (Å²) in [4.78, 5) is 26.5. The molecule has 1 atom stereocenters. The lowest BCUT2D eigenvalue weighted by Gasteiger charge is -2.18. The number of carbonyl (C=O) groups is 2. The SMILES string of the molecule is CCOC(=O)N(CC)OC(=O)C(C)Br. The normalized spacial score (nSPS) is 11.7. The van der Waals surface area contributed by atoms with Gasteiger partial charge >= 0.3 is 12.1 Å². The molecule has 0 aromatic heterocycles. The molecule has 0 saturated carbocycles. The first kappa shape index (κ1) is 13.2. The number of carbonyl (C=O) groups excluding carboxylic acids is 2. The fraction of sp³-hybridized carbons (Fsp3) is 0.750. The zero-order valence-electron chi connectivity index (χ0n) is 8.45. The fourth-order valence-electron chi connectivity index (χ4n) is 0.608. The van der Waals surface area contributed by atoms with Crippen LogP contribution in [-0.4, -0.2) is 35.1 Å². The summed E-state index contributed by atoms with van der Waals surface area (Å²) in [5, 5.41) is 0.879. The van der Waals surface area contributed by atoms with Crippen LogP contribution in [0.3, 0.4) is 0 Å². The summed E-state index contributed by atoms with van der Waals surface area (Å²) in [5.74, 6) is -0.528. The first-order valence-corrected chi connectivity index (χ1v) is 5.24. The summed E-state index contributed by atoms with van der Waals surface area (Å²) in [7, 11) is 0. The lowest BCUT2D eigenvalue weighted by atomic mass is 10.5. The van der Waals surface area contributed by atoms with E-state index in [2.05, 4.69) is 20.7 Å². The number of amides is 1. The first-order valence-electron chi connectivity index (χ1n) is 4.33. The maximum absolute atomic E-state index is 11.1. The van der Waals surface area contributed by atoms with Crippen molar-refractivity contribution in [2.24, 2.45) is 0 Å². The van der Waals surface area contributed by atoms with Crippen LogP contribution in [0, 0.1) is 0 Å². The van der Waals surface area contributed by atoms with Crippen molar-refractivity contribution in [2.75, 3.05) is 13.2 Å². The van der Waals surface area contributed by atoms with E-state index in [1.54, 1.807) is 20.8 Å². The van der Waals surface area contributed by atoms with Gasteiger partial charge in [-0.25, -0.2) is 9.59 Å². The van der Waals surface area contributed by atoms with Crippen LogP contribution in [0.5, 0.6) is 0 Å². The molecule has 0 spiro atoms. The Morgan fingerprint density at radius 3 is 2.36 bits per heavy atom. The van der Waals surface area contributed by atoms with Crippen molar-refractivity contribution in [1.82, 2.24) is 5.06 Å². The molecule has 6 heteroatoms. The number of halogens is 1. The molecule has 0 aromatic rings. The van der Waals surface area contributed by atoms with Crippen LogP contribution >= 0.6 is 15.9 Å². The maximum Gasteiger partial charge on any atom is 0.443 e. The highest BCUT2D eigenvalue weighted by atomic mass is 79.9. The number of nitrogens with zero attached hydrogens (tertiary/aromatic N) is 1. The third-order valence-electron chi connectivity index (χ3n) is 1.28. The van der Waals surface area contributed by atoms with E-state index in [0.29, 0.717) is 0 Å². The van der Waals surface area contributed by atoms with Crippen LogP contribution in [0.1, 0.15) is 20.8 Å². The Morgan fingerprint density at radius 1 is 1.43 bits per heavy atom. The first-order chi connectivity index (χ1) is 6.52. The van der Waals surface area contributed by atoms with Crippen molar-refractivity contribution >= 4 is 28.0 Å². The van der Waals surface area contributed by atoms with Crippen LogP contribution < -0.4 is 0 Å². The number of rotatable bonds is 3. The van der Waals surface area contributed by atoms with Crippen LogP contribution in [0.15, 0.2) is 0 Å². The van der Waals surface area contributed by atoms with E-state index in [1.165, 1.54) is 0 Å². The van der Waals surface area contributed by atoms with Crippen molar-refractivity contribution in [3.8, 4) is 0 Å². The second-order valence-electron chi connectivity index (χ2n) is 2.42. The Morgan fingerprint density at radius 2 is 2.00 bits per heavy atom. The fourth-order valence-corrected chi connectivity index (χ4v) is 0.691. The molecule has 0 bridgehead atoms. The van der Waals surface area contributed by atoms with E-state index in [4.69, 9.17) is 4.84 Å². The molecule has 0 rings (SSSR count). The van der Waals surface area contributed by atoms with Gasteiger partial charge in [-0.1, -0.05) is 15.9 Å². The van der Waals surface area contributed by atoms with Gasteiger partial charge in [0, 0.05) is 0 Å². The Balaban J connectivity index is 4.15. The summed E-state index contributed by atoms with van der Waals surface area (Å²) in [6.07, 6.45) is -0.656. The molecule has 0 aliphatic heterocycles. The highest BCUT2D eigenvalue weighted by Gasteiger charge is 2.20. The van der Waals surface area contributed by atoms with Gasteiger partial charge in [-0.3, -0.25) is 0 Å². The summed E-state index contributed by atoms with van der Waals surface area (Å²) in [6.45, 7) is 5.48. The molecule has 0 radical (unpaired) electrons. The molecule has 14 heavy (non-hydrogen) atoms. The maximum atomic E-state index is 11.1.